The molecular weight excluding hydrogens is 169 g/mol. The third kappa shape index (κ3) is 1.98. The molecule has 0 amide bonds. The largest absolute Gasteiger partial charge is 0.508 e. The summed E-state index contributed by atoms with van der Waals surface area (Å²) in [4.78, 5) is 0. The minimum atomic E-state index is -0.722. The fourth-order valence-corrected chi connectivity index (χ4v) is 1.52. The van der Waals surface area contributed by atoms with Crippen LogP contribution in [0.2, 0.25) is 0 Å². The van der Waals surface area contributed by atoms with Crippen LogP contribution in [-0.4, -0.2) is 11.8 Å². The van der Waals surface area contributed by atoms with E-state index in [1.54, 1.807) is 6.07 Å². The van der Waals surface area contributed by atoms with Crippen molar-refractivity contribution < 1.29 is 9.50 Å². The molecule has 0 fully saturated rings. The first-order chi connectivity index (χ1) is 6.06. The molecule has 1 rings (SSSR count). The molecule has 0 aliphatic rings. The number of phenols is 1. The first kappa shape index (κ1) is 9.99. The van der Waals surface area contributed by atoms with Crippen molar-refractivity contribution in [3.63, 3.8) is 0 Å². The summed E-state index contributed by atoms with van der Waals surface area (Å²) < 4.78 is 12.3. The van der Waals surface area contributed by atoms with E-state index in [1.807, 2.05) is 19.9 Å². The summed E-state index contributed by atoms with van der Waals surface area (Å²) in [6.07, 6.45) is 0. The number of aryl methyl sites for hydroxylation is 2. The highest BCUT2D eigenvalue weighted by atomic mass is 19.1. The molecule has 0 aromatic heterocycles. The Bertz CT molecular complexity index is 289. The maximum absolute atomic E-state index is 12.3. The molecule has 13 heavy (non-hydrogen) atoms. The average Bonchev–Trinajstić information content (AvgIpc) is 2.02. The molecule has 1 aromatic carbocycles. The summed E-state index contributed by atoms with van der Waals surface area (Å²) in [5, 5.41) is 9.53. The fraction of sp³-hybridized carbons (Fsp3) is 0.400. The van der Waals surface area contributed by atoms with Crippen LogP contribution in [0.3, 0.4) is 0 Å². The SMILES string of the molecule is Cc1cc(C)c(C(N)CF)c(O)c1. The van der Waals surface area contributed by atoms with Crippen molar-refractivity contribution in [2.45, 2.75) is 19.9 Å². The highest BCUT2D eigenvalue weighted by Crippen LogP contribution is 2.27. The maximum Gasteiger partial charge on any atom is 0.120 e. The molecule has 0 aliphatic heterocycles. The van der Waals surface area contributed by atoms with E-state index in [1.165, 1.54) is 0 Å². The van der Waals surface area contributed by atoms with Gasteiger partial charge in [0.15, 0.2) is 0 Å². The molecule has 1 unspecified atom stereocenters. The summed E-state index contributed by atoms with van der Waals surface area (Å²) in [7, 11) is 0. The van der Waals surface area contributed by atoms with Crippen molar-refractivity contribution in [2.75, 3.05) is 6.67 Å². The Hall–Kier alpha value is -1.09. The summed E-state index contributed by atoms with van der Waals surface area (Å²) >= 11 is 0. The Labute approximate surface area is 77.2 Å². The monoisotopic (exact) mass is 183 g/mol. The van der Waals surface area contributed by atoms with Gasteiger partial charge < -0.3 is 10.8 Å². The number of aromatic hydroxyl groups is 1. The van der Waals surface area contributed by atoms with Crippen molar-refractivity contribution in [3.05, 3.63) is 28.8 Å². The second-order valence-electron chi connectivity index (χ2n) is 3.28. The Balaban J connectivity index is 3.20. The van der Waals surface area contributed by atoms with Gasteiger partial charge in [0.1, 0.15) is 12.4 Å². The van der Waals surface area contributed by atoms with Gasteiger partial charge in [0.2, 0.25) is 0 Å². The zero-order valence-electron chi connectivity index (χ0n) is 7.84. The summed E-state index contributed by atoms with van der Waals surface area (Å²) in [6, 6.07) is 2.75. The van der Waals surface area contributed by atoms with Crippen molar-refractivity contribution in [3.8, 4) is 5.75 Å². The van der Waals surface area contributed by atoms with Gasteiger partial charge in [0.25, 0.3) is 0 Å². The van der Waals surface area contributed by atoms with Crippen molar-refractivity contribution in [1.82, 2.24) is 0 Å². The van der Waals surface area contributed by atoms with E-state index < -0.39 is 12.7 Å². The molecule has 0 radical (unpaired) electrons. The topological polar surface area (TPSA) is 46.2 Å². The quantitative estimate of drug-likeness (QED) is 0.736. The predicted molar refractivity (Wildman–Crippen MR) is 50.5 cm³/mol. The van der Waals surface area contributed by atoms with Gasteiger partial charge in [-0.25, -0.2) is 4.39 Å². The molecule has 1 atom stereocenters. The fourth-order valence-electron chi connectivity index (χ4n) is 1.52. The van der Waals surface area contributed by atoms with Gasteiger partial charge in [-0.3, -0.25) is 0 Å². The molecular formula is C10H14FNO. The number of hydrogen-bond acceptors (Lipinski definition) is 2. The summed E-state index contributed by atoms with van der Waals surface area (Å²) in [5.74, 6) is 0.0858. The summed E-state index contributed by atoms with van der Waals surface area (Å²) in [5.41, 5.74) is 7.80. The normalized spacial score (nSPS) is 12.9. The first-order valence-corrected chi connectivity index (χ1v) is 4.18. The molecule has 0 spiro atoms. The average molecular weight is 183 g/mol. The van der Waals surface area contributed by atoms with E-state index in [4.69, 9.17) is 5.73 Å². The highest BCUT2D eigenvalue weighted by molar-refractivity contribution is 5.43. The number of alkyl halides is 1. The molecule has 3 N–H and O–H groups in total. The predicted octanol–water partition coefficient (Wildman–Crippen LogP) is 1.98. The van der Waals surface area contributed by atoms with Gasteiger partial charge >= 0.3 is 0 Å². The summed E-state index contributed by atoms with van der Waals surface area (Å²) in [6.45, 7) is 3.03. The van der Waals surface area contributed by atoms with Gasteiger partial charge in [-0.15, -0.1) is 0 Å². The van der Waals surface area contributed by atoms with E-state index in [0.29, 0.717) is 5.56 Å². The first-order valence-electron chi connectivity index (χ1n) is 4.18. The molecule has 1 aromatic rings. The number of halogens is 1. The number of rotatable bonds is 2. The maximum atomic E-state index is 12.3. The molecule has 0 saturated carbocycles. The van der Waals surface area contributed by atoms with E-state index in [0.717, 1.165) is 11.1 Å². The van der Waals surface area contributed by atoms with E-state index in [9.17, 15) is 9.50 Å². The Kier molecular flexibility index (Phi) is 2.88. The second-order valence-corrected chi connectivity index (χ2v) is 3.28. The lowest BCUT2D eigenvalue weighted by molar-refractivity contribution is 0.413. The Morgan fingerprint density at radius 1 is 1.46 bits per heavy atom. The van der Waals surface area contributed by atoms with Gasteiger partial charge in [0.05, 0.1) is 6.04 Å². The molecule has 0 bridgehead atoms. The van der Waals surface area contributed by atoms with Crippen LogP contribution in [0.1, 0.15) is 22.7 Å². The van der Waals surface area contributed by atoms with Crippen LogP contribution in [-0.2, 0) is 0 Å². The van der Waals surface area contributed by atoms with Crippen LogP contribution in [0.4, 0.5) is 4.39 Å². The highest BCUT2D eigenvalue weighted by Gasteiger charge is 2.13. The molecule has 0 heterocycles. The van der Waals surface area contributed by atoms with Crippen LogP contribution >= 0.6 is 0 Å². The lowest BCUT2D eigenvalue weighted by Crippen LogP contribution is -2.13. The van der Waals surface area contributed by atoms with E-state index in [-0.39, 0.29) is 5.75 Å². The van der Waals surface area contributed by atoms with Crippen LogP contribution < -0.4 is 5.73 Å². The van der Waals surface area contributed by atoms with Gasteiger partial charge in [-0.05, 0) is 31.0 Å². The molecule has 2 nitrogen and oxygen atoms in total. The molecule has 0 saturated heterocycles. The Morgan fingerprint density at radius 2 is 2.08 bits per heavy atom. The third-order valence-electron chi connectivity index (χ3n) is 2.05. The smallest absolute Gasteiger partial charge is 0.120 e. The van der Waals surface area contributed by atoms with Gasteiger partial charge in [-0.1, -0.05) is 6.07 Å². The number of benzene rings is 1. The lowest BCUT2D eigenvalue weighted by atomic mass is 9.99. The molecule has 3 heteroatoms. The van der Waals surface area contributed by atoms with E-state index >= 15 is 0 Å². The number of hydrogen-bond donors (Lipinski definition) is 2. The van der Waals surface area contributed by atoms with Crippen molar-refractivity contribution >= 4 is 0 Å². The number of phenolic OH excluding ortho intramolecular Hbond substituents is 1. The van der Waals surface area contributed by atoms with E-state index in [2.05, 4.69) is 0 Å². The third-order valence-corrected chi connectivity index (χ3v) is 2.05. The molecule has 0 aliphatic carbocycles. The van der Waals surface area contributed by atoms with Crippen LogP contribution in [0, 0.1) is 13.8 Å². The van der Waals surface area contributed by atoms with Crippen molar-refractivity contribution in [2.24, 2.45) is 5.73 Å². The van der Waals surface area contributed by atoms with Crippen molar-refractivity contribution in [1.29, 1.82) is 0 Å². The zero-order valence-corrected chi connectivity index (χ0v) is 7.84. The standard InChI is InChI=1S/C10H14FNO/c1-6-3-7(2)10(8(12)5-11)9(13)4-6/h3-4,8,13H,5,12H2,1-2H3. The van der Waals surface area contributed by atoms with Gasteiger partial charge in [-0.2, -0.15) is 0 Å². The zero-order chi connectivity index (χ0) is 10.0. The van der Waals surface area contributed by atoms with Crippen LogP contribution in [0.5, 0.6) is 5.75 Å². The van der Waals surface area contributed by atoms with Crippen LogP contribution in [0.25, 0.3) is 0 Å². The lowest BCUT2D eigenvalue weighted by Gasteiger charge is -2.13. The van der Waals surface area contributed by atoms with Crippen LogP contribution in [0.15, 0.2) is 12.1 Å². The minimum Gasteiger partial charge on any atom is -0.508 e. The Morgan fingerprint density at radius 3 is 2.54 bits per heavy atom. The molecule has 72 valence electrons. The number of nitrogens with two attached hydrogens (primary N) is 1. The second kappa shape index (κ2) is 3.75. The van der Waals surface area contributed by atoms with Gasteiger partial charge in [0, 0.05) is 5.56 Å². The minimum absolute atomic E-state index is 0.0858.